The van der Waals surface area contributed by atoms with Gasteiger partial charge in [-0.3, -0.25) is 9.59 Å². The number of hydrogen-bond acceptors (Lipinski definition) is 4. The smallest absolute Gasteiger partial charge is 0.307 e. The first-order valence-electron chi connectivity index (χ1n) is 7.27. The van der Waals surface area contributed by atoms with E-state index in [0.717, 1.165) is 22.6 Å². The molecule has 5 heteroatoms. The fourth-order valence-electron chi connectivity index (χ4n) is 2.72. The number of fused-ring (bicyclic) bond motifs is 1. The highest BCUT2D eigenvalue weighted by molar-refractivity contribution is 7.99. The van der Waals surface area contributed by atoms with Crippen molar-refractivity contribution in [3.05, 3.63) is 58.7 Å². The van der Waals surface area contributed by atoms with Crippen molar-refractivity contribution in [2.24, 2.45) is 0 Å². The summed E-state index contributed by atoms with van der Waals surface area (Å²) in [4.78, 5) is 24.8. The van der Waals surface area contributed by atoms with E-state index in [9.17, 15) is 9.59 Å². The lowest BCUT2D eigenvalue weighted by Crippen LogP contribution is -2.07. The molecule has 0 saturated heterocycles. The Kier molecular flexibility index (Phi) is 4.39. The molecule has 0 saturated carbocycles. The molecule has 0 spiro atoms. The molecule has 0 atom stereocenters. The molecule has 4 nitrogen and oxygen atoms in total. The van der Waals surface area contributed by atoms with Crippen LogP contribution in [0.5, 0.6) is 5.75 Å². The summed E-state index contributed by atoms with van der Waals surface area (Å²) >= 11 is 1.66. The van der Waals surface area contributed by atoms with Gasteiger partial charge in [0, 0.05) is 21.8 Å². The fourth-order valence-corrected chi connectivity index (χ4v) is 3.90. The summed E-state index contributed by atoms with van der Waals surface area (Å²) in [6, 6.07) is 10.6. The minimum absolute atomic E-state index is 0.0686. The number of carbonyl (C=O) groups excluding carboxylic acids is 1. The van der Waals surface area contributed by atoms with Crippen LogP contribution in [0.25, 0.3) is 0 Å². The van der Waals surface area contributed by atoms with Crippen molar-refractivity contribution in [3.63, 3.8) is 0 Å². The molecule has 118 valence electrons. The second-order valence-electron chi connectivity index (χ2n) is 5.36. The second-order valence-corrected chi connectivity index (χ2v) is 6.46. The Morgan fingerprint density at radius 1 is 1.22 bits per heavy atom. The first kappa shape index (κ1) is 15.6. The van der Waals surface area contributed by atoms with Gasteiger partial charge in [0.2, 0.25) is 0 Å². The van der Waals surface area contributed by atoms with E-state index in [0.29, 0.717) is 22.4 Å². The Bertz CT molecular complexity index is 765. The van der Waals surface area contributed by atoms with Crippen molar-refractivity contribution in [3.8, 4) is 5.75 Å². The van der Waals surface area contributed by atoms with E-state index in [2.05, 4.69) is 0 Å². The molecular weight excluding hydrogens is 312 g/mol. The van der Waals surface area contributed by atoms with Crippen LogP contribution in [0, 0.1) is 0 Å². The van der Waals surface area contributed by atoms with Crippen molar-refractivity contribution >= 4 is 23.5 Å². The van der Waals surface area contributed by atoms with Crippen molar-refractivity contribution in [2.75, 3.05) is 12.9 Å². The van der Waals surface area contributed by atoms with Crippen LogP contribution in [-0.2, 0) is 17.6 Å². The number of methoxy groups -OCH3 is 1. The lowest BCUT2D eigenvalue weighted by molar-refractivity contribution is -0.136. The van der Waals surface area contributed by atoms with Crippen LogP contribution in [0.4, 0.5) is 0 Å². The Hall–Kier alpha value is -2.27. The van der Waals surface area contributed by atoms with Gasteiger partial charge in [-0.2, -0.15) is 0 Å². The zero-order valence-electron chi connectivity index (χ0n) is 12.7. The molecule has 3 rings (SSSR count). The molecule has 1 N–H and O–H groups in total. The third-order valence-electron chi connectivity index (χ3n) is 3.80. The lowest BCUT2D eigenvalue weighted by atomic mass is 9.96. The van der Waals surface area contributed by atoms with E-state index in [-0.39, 0.29) is 12.2 Å². The molecule has 0 unspecified atom stereocenters. The fraction of sp³-hybridized carbons (Fsp3) is 0.222. The Morgan fingerprint density at radius 3 is 2.61 bits per heavy atom. The van der Waals surface area contributed by atoms with E-state index in [1.54, 1.807) is 49.2 Å². The molecular formula is C18H16O4S. The van der Waals surface area contributed by atoms with Gasteiger partial charge >= 0.3 is 5.97 Å². The van der Waals surface area contributed by atoms with Crippen LogP contribution in [-0.4, -0.2) is 29.7 Å². The molecule has 0 fully saturated rings. The first-order valence-corrected chi connectivity index (χ1v) is 8.26. The molecule has 1 aliphatic heterocycles. The number of aryl methyl sites for hydroxylation is 1. The average molecular weight is 328 g/mol. The van der Waals surface area contributed by atoms with Crippen molar-refractivity contribution < 1.29 is 19.4 Å². The predicted octanol–water partition coefficient (Wildman–Crippen LogP) is 3.20. The topological polar surface area (TPSA) is 63.6 Å². The van der Waals surface area contributed by atoms with Gasteiger partial charge in [0.15, 0.2) is 5.78 Å². The van der Waals surface area contributed by atoms with Gasteiger partial charge in [0.25, 0.3) is 0 Å². The highest BCUT2D eigenvalue weighted by atomic mass is 32.2. The van der Waals surface area contributed by atoms with Crippen LogP contribution in [0.2, 0.25) is 0 Å². The molecule has 23 heavy (non-hydrogen) atoms. The predicted molar refractivity (Wildman–Crippen MR) is 88.6 cm³/mol. The van der Waals surface area contributed by atoms with E-state index in [4.69, 9.17) is 9.84 Å². The highest BCUT2D eigenvalue weighted by Gasteiger charge is 2.22. The summed E-state index contributed by atoms with van der Waals surface area (Å²) < 4.78 is 5.11. The number of carboxylic acids is 1. The third kappa shape index (κ3) is 3.24. The molecule has 2 aromatic carbocycles. The number of aliphatic carboxylic acids is 1. The molecule has 0 aromatic heterocycles. The quantitative estimate of drug-likeness (QED) is 0.854. The molecule has 0 amide bonds. The minimum atomic E-state index is -0.890. The summed E-state index contributed by atoms with van der Waals surface area (Å²) in [5, 5.41) is 9.02. The van der Waals surface area contributed by atoms with Crippen LogP contribution < -0.4 is 4.74 Å². The standard InChI is InChI=1S/C18H16O4S/c1-22-14-4-2-12(3-5-14)17(21)15-9-11(10-16(19)20)8-13-6-7-23-18(13)15/h2-5,8-9H,6-7,10H2,1H3,(H,19,20). The van der Waals surface area contributed by atoms with E-state index in [1.165, 1.54) is 0 Å². The largest absolute Gasteiger partial charge is 0.497 e. The van der Waals surface area contributed by atoms with Crippen LogP contribution in [0.15, 0.2) is 41.3 Å². The lowest BCUT2D eigenvalue weighted by Gasteiger charge is -2.10. The number of carbonyl (C=O) groups is 2. The second kappa shape index (κ2) is 6.46. The van der Waals surface area contributed by atoms with Crippen LogP contribution >= 0.6 is 11.8 Å². The number of thioether (sulfide) groups is 1. The molecule has 1 aliphatic rings. The number of hydrogen-bond donors (Lipinski definition) is 1. The summed E-state index contributed by atoms with van der Waals surface area (Å²) in [6.45, 7) is 0. The Morgan fingerprint density at radius 2 is 1.96 bits per heavy atom. The van der Waals surface area contributed by atoms with Gasteiger partial charge in [-0.05, 0) is 47.9 Å². The maximum atomic E-state index is 12.8. The van der Waals surface area contributed by atoms with Crippen molar-refractivity contribution in [1.29, 1.82) is 0 Å². The Balaban J connectivity index is 2.01. The minimum Gasteiger partial charge on any atom is -0.497 e. The number of ether oxygens (including phenoxy) is 1. The first-order chi connectivity index (χ1) is 11.1. The number of ketones is 1. The normalized spacial score (nSPS) is 12.7. The molecule has 0 bridgehead atoms. The number of carboxylic acid groups (broad SMARTS) is 1. The van der Waals surface area contributed by atoms with Crippen LogP contribution in [0.1, 0.15) is 27.0 Å². The van der Waals surface area contributed by atoms with E-state index < -0.39 is 5.97 Å². The van der Waals surface area contributed by atoms with Gasteiger partial charge in [-0.1, -0.05) is 6.07 Å². The van der Waals surface area contributed by atoms with Gasteiger partial charge < -0.3 is 9.84 Å². The maximum absolute atomic E-state index is 12.8. The van der Waals surface area contributed by atoms with Crippen molar-refractivity contribution in [2.45, 2.75) is 17.7 Å². The molecule has 1 heterocycles. The molecule has 0 radical (unpaired) electrons. The van der Waals surface area contributed by atoms with E-state index >= 15 is 0 Å². The van der Waals surface area contributed by atoms with Gasteiger partial charge in [0.05, 0.1) is 13.5 Å². The summed E-state index contributed by atoms with van der Waals surface area (Å²) in [7, 11) is 1.58. The van der Waals surface area contributed by atoms with Crippen LogP contribution in [0.3, 0.4) is 0 Å². The number of rotatable bonds is 5. The summed E-state index contributed by atoms with van der Waals surface area (Å²) in [6.07, 6.45) is 0.803. The zero-order chi connectivity index (χ0) is 16.4. The zero-order valence-corrected chi connectivity index (χ0v) is 13.5. The van der Waals surface area contributed by atoms with E-state index in [1.807, 2.05) is 6.07 Å². The third-order valence-corrected chi connectivity index (χ3v) is 4.97. The SMILES string of the molecule is COc1ccc(C(=O)c2cc(CC(=O)O)cc3c2SCC3)cc1. The summed E-state index contributed by atoms with van der Waals surface area (Å²) in [5.74, 6) is 0.652. The average Bonchev–Trinajstić information content (AvgIpc) is 3.01. The van der Waals surface area contributed by atoms with Gasteiger partial charge in [-0.15, -0.1) is 11.8 Å². The van der Waals surface area contributed by atoms with Gasteiger partial charge in [-0.25, -0.2) is 0 Å². The van der Waals surface area contributed by atoms with Gasteiger partial charge in [0.1, 0.15) is 5.75 Å². The molecule has 0 aliphatic carbocycles. The Labute approximate surface area is 138 Å². The number of benzene rings is 2. The maximum Gasteiger partial charge on any atom is 0.307 e. The van der Waals surface area contributed by atoms with Crippen molar-refractivity contribution in [1.82, 2.24) is 0 Å². The highest BCUT2D eigenvalue weighted by Crippen LogP contribution is 2.36. The summed E-state index contributed by atoms with van der Waals surface area (Å²) in [5.41, 5.74) is 2.93. The molecule has 2 aromatic rings. The monoisotopic (exact) mass is 328 g/mol.